The van der Waals surface area contributed by atoms with E-state index >= 15 is 0 Å². The predicted octanol–water partition coefficient (Wildman–Crippen LogP) is 8.44. The van der Waals surface area contributed by atoms with E-state index in [2.05, 4.69) is 17.1 Å². The van der Waals surface area contributed by atoms with Crippen molar-refractivity contribution >= 4 is 35.8 Å². The van der Waals surface area contributed by atoms with Gasteiger partial charge in [-0.05, 0) is 92.2 Å². The van der Waals surface area contributed by atoms with Crippen LogP contribution in [0.5, 0.6) is 0 Å². The van der Waals surface area contributed by atoms with Crippen LogP contribution in [-0.2, 0) is 9.47 Å². The Labute approximate surface area is 225 Å². The minimum absolute atomic E-state index is 0.136. The molecule has 0 bridgehead atoms. The van der Waals surface area contributed by atoms with Crippen molar-refractivity contribution < 1.29 is 19.1 Å². The summed E-state index contributed by atoms with van der Waals surface area (Å²) in [5.41, 5.74) is 3.78. The lowest BCUT2D eigenvalue weighted by Gasteiger charge is -2.28. The number of hydrogen-bond acceptors (Lipinski definition) is 6. The summed E-state index contributed by atoms with van der Waals surface area (Å²) >= 11 is 6.59. The van der Waals surface area contributed by atoms with Crippen molar-refractivity contribution in [2.45, 2.75) is 98.7 Å². The van der Waals surface area contributed by atoms with Crippen LogP contribution in [0, 0.1) is 13.8 Å². The molecule has 2 aromatic rings. The highest BCUT2D eigenvalue weighted by molar-refractivity contribution is 6.30. The molecule has 0 unspecified atom stereocenters. The molecule has 37 heavy (non-hydrogen) atoms. The van der Waals surface area contributed by atoms with Crippen molar-refractivity contribution in [3.05, 3.63) is 45.6 Å². The third kappa shape index (κ3) is 7.54. The highest BCUT2D eigenvalue weighted by Gasteiger charge is 2.35. The number of nitrogens with zero attached hydrogens (tertiary/aromatic N) is 3. The van der Waals surface area contributed by atoms with E-state index in [1.165, 1.54) is 24.8 Å². The Morgan fingerprint density at radius 3 is 2.03 bits per heavy atom. The van der Waals surface area contributed by atoms with Crippen LogP contribution in [-0.4, -0.2) is 33.4 Å². The van der Waals surface area contributed by atoms with Gasteiger partial charge in [-0.15, -0.1) is 4.90 Å². The van der Waals surface area contributed by atoms with E-state index in [0.29, 0.717) is 16.2 Å². The second kappa shape index (κ2) is 11.2. The molecule has 0 N–H and O–H groups in total. The zero-order chi connectivity index (χ0) is 27.5. The number of allylic oxidation sites excluding steroid dienone is 1. The second-order valence-corrected chi connectivity index (χ2v) is 11.8. The topological polar surface area (TPSA) is 81.6 Å². The number of hydrogen-bond donors (Lipinski definition) is 0. The lowest BCUT2D eigenvalue weighted by atomic mass is 9.90. The largest absolute Gasteiger partial charge is 0.443 e. The fraction of sp³-hybridized carbons (Fsp3) is 0.517. The van der Waals surface area contributed by atoms with Crippen LogP contribution in [0.1, 0.15) is 90.3 Å². The van der Waals surface area contributed by atoms with E-state index in [4.69, 9.17) is 26.1 Å². The van der Waals surface area contributed by atoms with Gasteiger partial charge in [0, 0.05) is 11.1 Å². The maximum Gasteiger partial charge on any atom is 0.427 e. The van der Waals surface area contributed by atoms with Gasteiger partial charge < -0.3 is 9.47 Å². The number of imide groups is 1. The van der Waals surface area contributed by atoms with Gasteiger partial charge in [0.05, 0.1) is 5.69 Å². The zero-order valence-corrected chi connectivity index (χ0v) is 24.0. The number of carbonyl (C=O) groups excluding carboxylic acids is 2. The molecule has 200 valence electrons. The van der Waals surface area contributed by atoms with E-state index in [0.717, 1.165) is 29.5 Å². The normalized spacial score (nSPS) is 14.2. The lowest BCUT2D eigenvalue weighted by molar-refractivity contribution is 0.0427. The molecule has 3 rings (SSSR count). The summed E-state index contributed by atoms with van der Waals surface area (Å²) in [7, 11) is 0. The van der Waals surface area contributed by atoms with E-state index in [1.807, 2.05) is 26.0 Å². The minimum atomic E-state index is -0.943. The van der Waals surface area contributed by atoms with Gasteiger partial charge in [-0.2, -0.15) is 4.98 Å². The fourth-order valence-corrected chi connectivity index (χ4v) is 4.34. The summed E-state index contributed by atoms with van der Waals surface area (Å²) in [5.74, 6) is -0.200. The standard InChI is InChI=1S/C29H38ClN3O4/c1-18-13-12-16-21(17-20-14-10-9-11-15-20)22(18)23-19(2)24(30)32-25(31-23)33(26(34)36-28(3,4)5)27(35)37-29(6,7)8/h12-13,16-17H,9-11,14-15H2,1-8H3. The Balaban J connectivity index is 2.19. The molecule has 1 aromatic carbocycles. The monoisotopic (exact) mass is 527 g/mol. The molecule has 0 atom stereocenters. The highest BCUT2D eigenvalue weighted by Crippen LogP contribution is 2.36. The van der Waals surface area contributed by atoms with Crippen molar-refractivity contribution in [2.24, 2.45) is 0 Å². The number of halogens is 1. The van der Waals surface area contributed by atoms with Gasteiger partial charge >= 0.3 is 12.2 Å². The van der Waals surface area contributed by atoms with E-state index in [9.17, 15) is 9.59 Å². The van der Waals surface area contributed by atoms with Crippen molar-refractivity contribution in [1.29, 1.82) is 0 Å². The molecule has 1 fully saturated rings. The molecule has 0 radical (unpaired) electrons. The number of aromatic nitrogens is 2. The first-order valence-electron chi connectivity index (χ1n) is 12.8. The number of amides is 2. The summed E-state index contributed by atoms with van der Waals surface area (Å²) in [5, 5.41) is 0.136. The second-order valence-electron chi connectivity index (χ2n) is 11.5. The predicted molar refractivity (Wildman–Crippen MR) is 148 cm³/mol. The molecular weight excluding hydrogens is 490 g/mol. The number of ether oxygens (including phenoxy) is 2. The minimum Gasteiger partial charge on any atom is -0.443 e. The van der Waals surface area contributed by atoms with E-state index in [1.54, 1.807) is 41.5 Å². The fourth-order valence-electron chi connectivity index (χ4n) is 4.18. The SMILES string of the molecule is Cc1cccc(C=C2CCCCC2)c1-c1nc(N(C(=O)OC(C)(C)C)C(=O)OC(C)(C)C)nc(Cl)c1C. The average Bonchev–Trinajstić information content (AvgIpc) is 2.75. The molecule has 1 heterocycles. The molecule has 8 heteroatoms. The number of aryl methyl sites for hydroxylation is 1. The molecule has 1 aromatic heterocycles. The molecular formula is C29H38ClN3O4. The summed E-state index contributed by atoms with van der Waals surface area (Å²) in [6.07, 6.45) is 6.14. The zero-order valence-electron chi connectivity index (χ0n) is 23.2. The highest BCUT2D eigenvalue weighted by atomic mass is 35.5. The van der Waals surface area contributed by atoms with Gasteiger partial charge in [0.1, 0.15) is 16.4 Å². The molecule has 1 aliphatic rings. The van der Waals surface area contributed by atoms with Gasteiger partial charge in [0.25, 0.3) is 0 Å². The number of anilines is 1. The Kier molecular flexibility index (Phi) is 8.68. The smallest absolute Gasteiger partial charge is 0.427 e. The summed E-state index contributed by atoms with van der Waals surface area (Å²) in [4.78, 5) is 36.1. The van der Waals surface area contributed by atoms with Gasteiger partial charge in [-0.3, -0.25) is 0 Å². The molecule has 7 nitrogen and oxygen atoms in total. The quantitative estimate of drug-likeness (QED) is 0.372. The number of benzene rings is 1. The molecule has 0 spiro atoms. The van der Waals surface area contributed by atoms with Crippen molar-refractivity contribution in [3.8, 4) is 11.3 Å². The Hall–Kier alpha value is -2.93. The van der Waals surface area contributed by atoms with Gasteiger partial charge in [0.2, 0.25) is 5.95 Å². The summed E-state index contributed by atoms with van der Waals surface area (Å²) in [6.45, 7) is 14.1. The molecule has 2 amide bonds. The molecule has 1 saturated carbocycles. The van der Waals surface area contributed by atoms with Crippen LogP contribution in [0.2, 0.25) is 5.15 Å². The third-order valence-corrected chi connectivity index (χ3v) is 6.19. The Morgan fingerprint density at radius 2 is 1.49 bits per heavy atom. The molecule has 1 aliphatic carbocycles. The number of carbonyl (C=O) groups is 2. The first kappa shape index (κ1) is 28.6. The van der Waals surface area contributed by atoms with E-state index in [-0.39, 0.29) is 11.1 Å². The Bertz CT molecular complexity index is 1170. The number of rotatable bonds is 3. The first-order chi connectivity index (χ1) is 17.2. The Morgan fingerprint density at radius 1 is 0.919 bits per heavy atom. The van der Waals surface area contributed by atoms with Crippen LogP contribution < -0.4 is 4.90 Å². The summed E-state index contributed by atoms with van der Waals surface area (Å²) < 4.78 is 11.0. The van der Waals surface area contributed by atoms with E-state index < -0.39 is 23.4 Å². The van der Waals surface area contributed by atoms with Gasteiger partial charge in [-0.1, -0.05) is 47.9 Å². The van der Waals surface area contributed by atoms with Crippen LogP contribution in [0.4, 0.5) is 15.5 Å². The maximum absolute atomic E-state index is 13.2. The van der Waals surface area contributed by atoms with Crippen molar-refractivity contribution in [1.82, 2.24) is 9.97 Å². The van der Waals surface area contributed by atoms with Crippen molar-refractivity contribution in [2.75, 3.05) is 4.90 Å². The summed E-state index contributed by atoms with van der Waals surface area (Å²) in [6, 6.07) is 6.08. The van der Waals surface area contributed by atoms with Gasteiger partial charge in [0.15, 0.2) is 0 Å². The van der Waals surface area contributed by atoms with Crippen LogP contribution in [0.15, 0.2) is 23.8 Å². The average molecular weight is 528 g/mol. The van der Waals surface area contributed by atoms with Crippen LogP contribution in [0.3, 0.4) is 0 Å². The van der Waals surface area contributed by atoms with Crippen molar-refractivity contribution in [3.63, 3.8) is 0 Å². The lowest BCUT2D eigenvalue weighted by Crippen LogP contribution is -2.44. The third-order valence-electron chi connectivity index (χ3n) is 5.82. The first-order valence-corrected chi connectivity index (χ1v) is 13.1. The van der Waals surface area contributed by atoms with Gasteiger partial charge in [-0.25, -0.2) is 14.6 Å². The van der Waals surface area contributed by atoms with Crippen LogP contribution >= 0.6 is 11.6 Å². The molecule has 0 aliphatic heterocycles. The van der Waals surface area contributed by atoms with Crippen LogP contribution in [0.25, 0.3) is 17.3 Å². The molecule has 0 saturated heterocycles. The maximum atomic E-state index is 13.2.